The molecule has 12 heavy (non-hydrogen) atoms. The number of hydrogen-bond donors (Lipinski definition) is 2. The number of carbonyl (C=O) groups is 2. The normalized spacial score (nSPS) is 8.92. The summed E-state index contributed by atoms with van der Waals surface area (Å²) in [6.07, 6.45) is 0. The van der Waals surface area contributed by atoms with Gasteiger partial charge in [0.1, 0.15) is 16.1 Å². The minimum absolute atomic E-state index is 0.403. The van der Waals surface area contributed by atoms with E-state index in [0.717, 1.165) is 0 Å². The van der Waals surface area contributed by atoms with Crippen LogP contribution in [0, 0.1) is 0 Å². The van der Waals surface area contributed by atoms with Gasteiger partial charge in [0.25, 0.3) is 5.91 Å². The zero-order valence-electron chi connectivity index (χ0n) is 5.60. The van der Waals surface area contributed by atoms with Crippen LogP contribution in [0.5, 0.6) is 0 Å². The van der Waals surface area contributed by atoms with Gasteiger partial charge in [-0.2, -0.15) is 0 Å². The van der Waals surface area contributed by atoms with Crippen molar-refractivity contribution in [3.8, 4) is 0 Å². The van der Waals surface area contributed by atoms with Crippen LogP contribution >= 0.6 is 34.8 Å². The molecular formula is C5H4Cl3NO3. The van der Waals surface area contributed by atoms with Crippen molar-refractivity contribution >= 4 is 46.7 Å². The van der Waals surface area contributed by atoms with E-state index in [1.165, 1.54) is 0 Å². The Morgan fingerprint density at radius 3 is 2.08 bits per heavy atom. The molecule has 0 aromatic rings. The lowest BCUT2D eigenvalue weighted by molar-refractivity contribution is -0.137. The highest BCUT2D eigenvalue weighted by molar-refractivity contribution is 6.62. The van der Waals surface area contributed by atoms with Crippen molar-refractivity contribution < 1.29 is 14.7 Å². The number of amides is 1. The molecule has 0 aromatic carbocycles. The molecule has 0 atom stereocenters. The second-order valence-corrected chi connectivity index (χ2v) is 2.98. The van der Waals surface area contributed by atoms with Crippen molar-refractivity contribution in [2.24, 2.45) is 0 Å². The molecule has 0 saturated carbocycles. The first-order valence-corrected chi connectivity index (χ1v) is 3.79. The summed E-state index contributed by atoms with van der Waals surface area (Å²) >= 11 is 15.5. The van der Waals surface area contributed by atoms with E-state index in [0.29, 0.717) is 0 Å². The van der Waals surface area contributed by atoms with Crippen molar-refractivity contribution in [1.82, 2.24) is 5.32 Å². The lowest BCUT2D eigenvalue weighted by Gasteiger charge is -1.99. The predicted molar refractivity (Wildman–Crippen MR) is 45.2 cm³/mol. The van der Waals surface area contributed by atoms with Gasteiger partial charge in [-0.15, -0.1) is 0 Å². The Morgan fingerprint density at radius 1 is 1.25 bits per heavy atom. The van der Waals surface area contributed by atoms with Crippen LogP contribution in [0.1, 0.15) is 0 Å². The van der Waals surface area contributed by atoms with E-state index in [-0.39, 0.29) is 0 Å². The number of aliphatic carboxylic acids is 1. The van der Waals surface area contributed by atoms with Gasteiger partial charge >= 0.3 is 5.97 Å². The van der Waals surface area contributed by atoms with Crippen LogP contribution in [-0.2, 0) is 9.59 Å². The van der Waals surface area contributed by atoms with Crippen LogP contribution in [0.15, 0.2) is 9.52 Å². The smallest absolute Gasteiger partial charge is 0.322 e. The van der Waals surface area contributed by atoms with Crippen LogP contribution in [0.3, 0.4) is 0 Å². The quantitative estimate of drug-likeness (QED) is 0.715. The van der Waals surface area contributed by atoms with E-state index in [4.69, 9.17) is 39.9 Å². The van der Waals surface area contributed by atoms with E-state index in [1.807, 2.05) is 5.32 Å². The Bertz CT molecular complexity index is 234. The van der Waals surface area contributed by atoms with E-state index in [2.05, 4.69) is 0 Å². The summed E-state index contributed by atoms with van der Waals surface area (Å²) in [6.45, 7) is -0.532. The number of carbonyl (C=O) groups excluding carboxylic acids is 1. The first kappa shape index (κ1) is 11.6. The Labute approximate surface area is 83.1 Å². The minimum Gasteiger partial charge on any atom is -0.480 e. The average molecular weight is 232 g/mol. The highest BCUT2D eigenvalue weighted by atomic mass is 35.5. The van der Waals surface area contributed by atoms with E-state index in [1.54, 1.807) is 0 Å². The number of nitrogens with one attached hydrogen (secondary N) is 1. The van der Waals surface area contributed by atoms with Crippen LogP contribution in [0.25, 0.3) is 0 Å². The summed E-state index contributed by atoms with van der Waals surface area (Å²) in [5.41, 5.74) is 0. The highest BCUT2D eigenvalue weighted by Gasteiger charge is 2.10. The second-order valence-electron chi connectivity index (χ2n) is 1.65. The van der Waals surface area contributed by atoms with Gasteiger partial charge in [0.05, 0.1) is 0 Å². The molecule has 0 aliphatic heterocycles. The Morgan fingerprint density at radius 2 is 1.75 bits per heavy atom. The Hall–Kier alpha value is -0.450. The topological polar surface area (TPSA) is 66.4 Å². The predicted octanol–water partition coefficient (Wildman–Crippen LogP) is 1.07. The molecule has 4 nitrogen and oxygen atoms in total. The molecule has 1 amide bonds. The number of rotatable bonds is 3. The molecule has 0 radical (unpaired) electrons. The van der Waals surface area contributed by atoms with Crippen LogP contribution in [0.4, 0.5) is 0 Å². The molecule has 2 N–H and O–H groups in total. The fourth-order valence-corrected chi connectivity index (χ4v) is 0.558. The number of halogens is 3. The molecule has 0 unspecified atom stereocenters. The van der Waals surface area contributed by atoms with Crippen LogP contribution < -0.4 is 5.32 Å². The third kappa shape index (κ3) is 4.43. The average Bonchev–Trinajstić information content (AvgIpc) is 1.98. The molecular weight excluding hydrogens is 228 g/mol. The lowest BCUT2D eigenvalue weighted by Crippen LogP contribution is -2.29. The molecule has 0 bridgehead atoms. The second kappa shape index (κ2) is 5.24. The molecule has 0 rings (SSSR count). The maximum Gasteiger partial charge on any atom is 0.322 e. The highest BCUT2D eigenvalue weighted by Crippen LogP contribution is 2.17. The standard InChI is InChI=1S/C5H4Cl3NO3/c6-3(4(7)8)5(12)9-1-2(10)11/h1H2,(H,9,12)(H,10,11). The van der Waals surface area contributed by atoms with Gasteiger partial charge in [-0.25, -0.2) is 0 Å². The Kier molecular flexibility index (Phi) is 5.04. The molecule has 0 aliphatic rings. The molecule has 68 valence electrons. The van der Waals surface area contributed by atoms with E-state index < -0.39 is 27.9 Å². The number of carboxylic acid groups (broad SMARTS) is 1. The molecule has 0 aliphatic carbocycles. The molecule has 0 fully saturated rings. The van der Waals surface area contributed by atoms with Crippen molar-refractivity contribution in [3.05, 3.63) is 9.52 Å². The zero-order valence-corrected chi connectivity index (χ0v) is 7.87. The van der Waals surface area contributed by atoms with Gasteiger partial charge in [0.15, 0.2) is 0 Å². The van der Waals surface area contributed by atoms with Crippen molar-refractivity contribution in [2.75, 3.05) is 6.54 Å². The zero-order chi connectivity index (χ0) is 9.72. The third-order valence-corrected chi connectivity index (χ3v) is 1.70. The van der Waals surface area contributed by atoms with Gasteiger partial charge in [0.2, 0.25) is 0 Å². The molecule has 7 heteroatoms. The third-order valence-electron chi connectivity index (χ3n) is 0.765. The van der Waals surface area contributed by atoms with Crippen LogP contribution in [-0.4, -0.2) is 23.5 Å². The molecule has 0 saturated heterocycles. The van der Waals surface area contributed by atoms with Gasteiger partial charge in [-0.05, 0) is 0 Å². The fraction of sp³-hybridized carbons (Fsp3) is 0.200. The monoisotopic (exact) mass is 231 g/mol. The van der Waals surface area contributed by atoms with E-state index >= 15 is 0 Å². The summed E-state index contributed by atoms with van der Waals surface area (Å²) < 4.78 is -0.403. The van der Waals surface area contributed by atoms with Crippen LogP contribution in [0.2, 0.25) is 0 Å². The minimum atomic E-state index is -1.18. The molecule has 0 heterocycles. The van der Waals surface area contributed by atoms with Crippen molar-refractivity contribution in [3.63, 3.8) is 0 Å². The SMILES string of the molecule is O=C(O)CNC(=O)C(Cl)=C(Cl)Cl. The summed E-state index contributed by atoms with van der Waals surface area (Å²) in [5, 5.41) is 9.68. The summed E-state index contributed by atoms with van der Waals surface area (Å²) in [5.74, 6) is -2.00. The van der Waals surface area contributed by atoms with E-state index in [9.17, 15) is 9.59 Å². The van der Waals surface area contributed by atoms with Gasteiger partial charge in [-0.1, -0.05) is 34.8 Å². The molecule has 0 aromatic heterocycles. The summed E-state index contributed by atoms with van der Waals surface area (Å²) in [4.78, 5) is 20.7. The first-order valence-electron chi connectivity index (χ1n) is 2.66. The number of hydrogen-bond acceptors (Lipinski definition) is 2. The first-order chi connectivity index (χ1) is 5.45. The van der Waals surface area contributed by atoms with Gasteiger partial charge in [-0.3, -0.25) is 9.59 Å². The summed E-state index contributed by atoms with van der Waals surface area (Å²) in [6, 6.07) is 0. The van der Waals surface area contributed by atoms with Gasteiger partial charge < -0.3 is 10.4 Å². The van der Waals surface area contributed by atoms with Crippen molar-refractivity contribution in [2.45, 2.75) is 0 Å². The lowest BCUT2D eigenvalue weighted by atomic mass is 10.5. The maximum atomic E-state index is 10.8. The van der Waals surface area contributed by atoms with Gasteiger partial charge in [0, 0.05) is 0 Å². The molecule has 0 spiro atoms. The number of carboxylic acids is 1. The maximum absolute atomic E-state index is 10.8. The summed E-state index contributed by atoms with van der Waals surface area (Å²) in [7, 11) is 0. The Balaban J connectivity index is 4.07. The fourth-order valence-electron chi connectivity index (χ4n) is 0.319. The van der Waals surface area contributed by atoms with Crippen molar-refractivity contribution in [1.29, 1.82) is 0 Å². The largest absolute Gasteiger partial charge is 0.480 e.